The van der Waals surface area contributed by atoms with Crippen LogP contribution < -0.4 is 4.90 Å². The van der Waals surface area contributed by atoms with Crippen molar-refractivity contribution in [3.8, 4) is 0 Å². The minimum absolute atomic E-state index is 0.0234. The van der Waals surface area contributed by atoms with E-state index in [0.29, 0.717) is 12.5 Å². The minimum Gasteiger partial charge on any atom is -0.304 e. The Kier molecular flexibility index (Phi) is 3.28. The van der Waals surface area contributed by atoms with E-state index in [9.17, 15) is 18.4 Å². The van der Waals surface area contributed by atoms with Crippen molar-refractivity contribution >= 4 is 17.4 Å². The molecule has 0 aromatic heterocycles. The second-order valence-electron chi connectivity index (χ2n) is 5.53. The summed E-state index contributed by atoms with van der Waals surface area (Å²) in [5.74, 6) is -3.20. The van der Waals surface area contributed by atoms with Gasteiger partial charge >= 0.3 is 0 Å². The fourth-order valence-electron chi connectivity index (χ4n) is 3.10. The number of halogens is 2. The first-order valence-electron chi connectivity index (χ1n) is 6.93. The van der Waals surface area contributed by atoms with Gasteiger partial charge in [0.25, 0.3) is 11.7 Å². The first-order chi connectivity index (χ1) is 9.58. The number of anilines is 1. The number of nitrogens with zero attached hydrogens (tertiary/aromatic N) is 1. The summed E-state index contributed by atoms with van der Waals surface area (Å²) in [5.41, 5.74) is 0.189. The average Bonchev–Trinajstić information content (AvgIpc) is 2.66. The summed E-state index contributed by atoms with van der Waals surface area (Å²) >= 11 is 0. The van der Waals surface area contributed by atoms with E-state index < -0.39 is 23.3 Å². The van der Waals surface area contributed by atoms with Gasteiger partial charge in [0.15, 0.2) is 11.6 Å². The number of Topliss-reactive ketones (excluding diaryl/α,β-unsaturated/α-hetero) is 1. The zero-order chi connectivity index (χ0) is 14.3. The number of ketones is 1. The van der Waals surface area contributed by atoms with Crippen LogP contribution in [0.15, 0.2) is 12.1 Å². The number of hydrogen-bond donors (Lipinski definition) is 0. The fourth-order valence-corrected chi connectivity index (χ4v) is 3.10. The number of fused-ring (bicyclic) bond motifs is 1. The molecule has 1 heterocycles. The Bertz CT molecular complexity index is 579. The second-order valence-corrected chi connectivity index (χ2v) is 5.53. The summed E-state index contributed by atoms with van der Waals surface area (Å²) in [6.07, 6.45) is 5.45. The highest BCUT2D eigenvalue weighted by Crippen LogP contribution is 2.34. The van der Waals surface area contributed by atoms with E-state index in [1.165, 1.54) is 11.3 Å². The lowest BCUT2D eigenvalue weighted by Gasteiger charge is -2.26. The highest BCUT2D eigenvalue weighted by Gasteiger charge is 2.38. The van der Waals surface area contributed by atoms with Crippen LogP contribution in [0.25, 0.3) is 0 Å². The van der Waals surface area contributed by atoms with E-state index in [-0.39, 0.29) is 11.3 Å². The quantitative estimate of drug-likeness (QED) is 0.780. The summed E-state index contributed by atoms with van der Waals surface area (Å²) in [5, 5.41) is 0. The SMILES string of the molecule is O=C1C(=O)N(CC2CCCCC2)c2cc(F)c(F)cc21. The van der Waals surface area contributed by atoms with Crippen LogP contribution in [0, 0.1) is 17.6 Å². The lowest BCUT2D eigenvalue weighted by atomic mass is 9.89. The molecule has 1 aromatic carbocycles. The van der Waals surface area contributed by atoms with E-state index >= 15 is 0 Å². The molecule has 0 spiro atoms. The first kappa shape index (κ1) is 13.2. The van der Waals surface area contributed by atoms with E-state index in [4.69, 9.17) is 0 Å². The van der Waals surface area contributed by atoms with Gasteiger partial charge in [0.1, 0.15) is 0 Å². The highest BCUT2D eigenvalue weighted by molar-refractivity contribution is 6.52. The molecule has 0 bridgehead atoms. The molecule has 5 heteroatoms. The molecule has 0 saturated heterocycles. The lowest BCUT2D eigenvalue weighted by molar-refractivity contribution is -0.114. The van der Waals surface area contributed by atoms with Gasteiger partial charge in [-0.15, -0.1) is 0 Å². The normalized spacial score (nSPS) is 19.6. The monoisotopic (exact) mass is 279 g/mol. The zero-order valence-electron chi connectivity index (χ0n) is 11.0. The molecule has 0 radical (unpaired) electrons. The van der Waals surface area contributed by atoms with E-state index in [1.807, 2.05) is 0 Å². The lowest BCUT2D eigenvalue weighted by Crippen LogP contribution is -2.35. The summed E-state index contributed by atoms with van der Waals surface area (Å²) in [4.78, 5) is 25.1. The Balaban J connectivity index is 1.91. The van der Waals surface area contributed by atoms with Crippen LogP contribution in [0.1, 0.15) is 42.5 Å². The standard InChI is InChI=1S/C15H15F2NO2/c16-11-6-10-13(7-12(11)17)18(15(20)14(10)19)8-9-4-2-1-3-5-9/h6-7,9H,1-5,8H2. The number of carbonyl (C=O) groups excluding carboxylic acids is 2. The van der Waals surface area contributed by atoms with E-state index in [2.05, 4.69) is 0 Å². The number of carbonyl (C=O) groups is 2. The highest BCUT2D eigenvalue weighted by atomic mass is 19.2. The fraction of sp³-hybridized carbons (Fsp3) is 0.467. The van der Waals surface area contributed by atoms with Crippen LogP contribution in [0.3, 0.4) is 0 Å². The number of benzene rings is 1. The van der Waals surface area contributed by atoms with Gasteiger partial charge in [0.05, 0.1) is 11.3 Å². The molecule has 1 amide bonds. The second kappa shape index (κ2) is 4.96. The molecule has 2 aliphatic rings. The maximum atomic E-state index is 13.4. The molecule has 1 aromatic rings. The summed E-state index contributed by atoms with van der Waals surface area (Å²) in [6.45, 7) is 0.419. The van der Waals surface area contributed by atoms with Gasteiger partial charge in [0.2, 0.25) is 0 Å². The van der Waals surface area contributed by atoms with Crippen LogP contribution in [-0.4, -0.2) is 18.2 Å². The molecule has 0 atom stereocenters. The molecule has 20 heavy (non-hydrogen) atoms. The van der Waals surface area contributed by atoms with Gasteiger partial charge in [0, 0.05) is 12.6 Å². The Morgan fingerprint density at radius 1 is 1.05 bits per heavy atom. The molecule has 3 nitrogen and oxygen atoms in total. The Morgan fingerprint density at radius 2 is 1.70 bits per heavy atom. The summed E-state index contributed by atoms with van der Waals surface area (Å²) in [6, 6.07) is 1.78. The van der Waals surface area contributed by atoms with Crippen molar-refractivity contribution in [1.82, 2.24) is 0 Å². The largest absolute Gasteiger partial charge is 0.304 e. The van der Waals surface area contributed by atoms with Crippen LogP contribution in [-0.2, 0) is 4.79 Å². The van der Waals surface area contributed by atoms with Crippen molar-refractivity contribution in [3.05, 3.63) is 29.3 Å². The third-order valence-corrected chi connectivity index (χ3v) is 4.18. The van der Waals surface area contributed by atoms with Crippen LogP contribution in [0.4, 0.5) is 14.5 Å². The van der Waals surface area contributed by atoms with Gasteiger partial charge in [-0.25, -0.2) is 8.78 Å². The maximum absolute atomic E-state index is 13.4. The molecular weight excluding hydrogens is 264 g/mol. The van der Waals surface area contributed by atoms with Crippen LogP contribution in [0.2, 0.25) is 0 Å². The third kappa shape index (κ3) is 2.11. The number of rotatable bonds is 2. The molecule has 1 aliphatic heterocycles. The van der Waals surface area contributed by atoms with E-state index in [1.54, 1.807) is 0 Å². The van der Waals surface area contributed by atoms with Gasteiger partial charge in [-0.05, 0) is 24.8 Å². The summed E-state index contributed by atoms with van der Waals surface area (Å²) in [7, 11) is 0. The van der Waals surface area contributed by atoms with Crippen LogP contribution >= 0.6 is 0 Å². The molecule has 0 N–H and O–H groups in total. The Morgan fingerprint density at radius 3 is 2.40 bits per heavy atom. The molecular formula is C15H15F2NO2. The van der Waals surface area contributed by atoms with Crippen molar-refractivity contribution in [1.29, 1.82) is 0 Å². The van der Waals surface area contributed by atoms with Crippen molar-refractivity contribution in [2.24, 2.45) is 5.92 Å². The number of hydrogen-bond acceptors (Lipinski definition) is 2. The molecule has 1 fully saturated rings. The van der Waals surface area contributed by atoms with Crippen molar-refractivity contribution in [2.45, 2.75) is 32.1 Å². The van der Waals surface area contributed by atoms with Gasteiger partial charge in [-0.3, -0.25) is 9.59 Å². The Labute approximate surface area is 115 Å². The molecule has 1 aliphatic carbocycles. The van der Waals surface area contributed by atoms with Crippen molar-refractivity contribution in [3.63, 3.8) is 0 Å². The van der Waals surface area contributed by atoms with Gasteiger partial charge in [-0.1, -0.05) is 19.3 Å². The van der Waals surface area contributed by atoms with Crippen LogP contribution in [0.5, 0.6) is 0 Å². The molecule has 0 unspecified atom stereocenters. The predicted molar refractivity (Wildman–Crippen MR) is 69.6 cm³/mol. The molecule has 3 rings (SSSR count). The maximum Gasteiger partial charge on any atom is 0.299 e. The van der Waals surface area contributed by atoms with Gasteiger partial charge in [-0.2, -0.15) is 0 Å². The third-order valence-electron chi connectivity index (χ3n) is 4.18. The minimum atomic E-state index is -1.09. The van der Waals surface area contributed by atoms with Gasteiger partial charge < -0.3 is 4.90 Å². The number of amides is 1. The Hall–Kier alpha value is -1.78. The molecule has 1 saturated carbocycles. The van der Waals surface area contributed by atoms with Crippen molar-refractivity contribution < 1.29 is 18.4 Å². The van der Waals surface area contributed by atoms with E-state index in [0.717, 1.165) is 37.8 Å². The van der Waals surface area contributed by atoms with Crippen molar-refractivity contribution in [2.75, 3.05) is 11.4 Å². The predicted octanol–water partition coefficient (Wildman–Crippen LogP) is 3.07. The zero-order valence-corrected chi connectivity index (χ0v) is 11.0. The first-order valence-corrected chi connectivity index (χ1v) is 6.93. The molecule has 106 valence electrons. The average molecular weight is 279 g/mol. The topological polar surface area (TPSA) is 37.4 Å². The summed E-state index contributed by atoms with van der Waals surface area (Å²) < 4.78 is 26.6. The smallest absolute Gasteiger partial charge is 0.299 e.